The van der Waals surface area contributed by atoms with Crippen LogP contribution >= 0.6 is 0 Å². The van der Waals surface area contributed by atoms with E-state index < -0.39 is 5.91 Å². The van der Waals surface area contributed by atoms with Gasteiger partial charge in [-0.1, -0.05) is 49.2 Å². The second kappa shape index (κ2) is 9.04. The van der Waals surface area contributed by atoms with Crippen LogP contribution in [0.2, 0.25) is 0 Å². The highest BCUT2D eigenvalue weighted by Gasteiger charge is 2.24. The van der Waals surface area contributed by atoms with E-state index in [0.29, 0.717) is 29.1 Å². The van der Waals surface area contributed by atoms with E-state index in [1.165, 1.54) is 20.0 Å². The molecule has 1 aliphatic carbocycles. The number of aromatic amines is 1. The monoisotopic (exact) mass is 418 g/mol. The normalized spacial score (nSPS) is 13.1. The van der Waals surface area contributed by atoms with Crippen molar-refractivity contribution in [1.82, 2.24) is 15.5 Å². The molecule has 1 heterocycles. The summed E-state index contributed by atoms with van der Waals surface area (Å²) < 4.78 is 5.24. The molecule has 7 nitrogen and oxygen atoms in total. The van der Waals surface area contributed by atoms with Gasteiger partial charge >= 0.3 is 0 Å². The number of ether oxygens (including phenoxy) is 1. The number of benzene rings is 2. The summed E-state index contributed by atoms with van der Waals surface area (Å²) in [5.74, 6) is 0.621. The SMILES string of the molecule is COc1ccccc1C(=O)NCc1ccc(-c2n[nH]c(CCC3CC3)c2C(N)=O)cc1. The third kappa shape index (κ3) is 4.77. The summed E-state index contributed by atoms with van der Waals surface area (Å²) in [5.41, 5.74) is 9.73. The van der Waals surface area contributed by atoms with Crippen LogP contribution in [0, 0.1) is 5.92 Å². The molecule has 0 spiro atoms. The Morgan fingerprint density at radius 1 is 1.16 bits per heavy atom. The molecule has 1 aliphatic rings. The van der Waals surface area contributed by atoms with Crippen molar-refractivity contribution in [1.29, 1.82) is 0 Å². The van der Waals surface area contributed by atoms with Crippen molar-refractivity contribution in [2.75, 3.05) is 7.11 Å². The van der Waals surface area contributed by atoms with E-state index in [-0.39, 0.29) is 5.91 Å². The van der Waals surface area contributed by atoms with E-state index in [1.54, 1.807) is 18.2 Å². The maximum absolute atomic E-state index is 12.5. The van der Waals surface area contributed by atoms with Crippen LogP contribution in [-0.4, -0.2) is 29.1 Å². The fraction of sp³-hybridized carbons (Fsp3) is 0.292. The van der Waals surface area contributed by atoms with Crippen LogP contribution in [0.1, 0.15) is 51.2 Å². The molecule has 1 saturated carbocycles. The number of H-pyrrole nitrogens is 1. The number of nitrogens with two attached hydrogens (primary N) is 1. The van der Waals surface area contributed by atoms with Gasteiger partial charge in [-0.2, -0.15) is 5.10 Å². The van der Waals surface area contributed by atoms with Crippen LogP contribution in [0.3, 0.4) is 0 Å². The minimum absolute atomic E-state index is 0.204. The van der Waals surface area contributed by atoms with Crippen LogP contribution in [0.5, 0.6) is 5.75 Å². The predicted molar refractivity (Wildman–Crippen MR) is 118 cm³/mol. The number of aromatic nitrogens is 2. The molecular formula is C24H26N4O3. The van der Waals surface area contributed by atoms with E-state index in [2.05, 4.69) is 15.5 Å². The number of rotatable bonds is 9. The molecule has 0 saturated heterocycles. The first kappa shape index (κ1) is 20.7. The molecule has 0 radical (unpaired) electrons. The van der Waals surface area contributed by atoms with Gasteiger partial charge < -0.3 is 15.8 Å². The number of hydrogen-bond acceptors (Lipinski definition) is 4. The highest BCUT2D eigenvalue weighted by molar-refractivity contribution is 6.00. The zero-order valence-corrected chi connectivity index (χ0v) is 17.5. The second-order valence-electron chi connectivity index (χ2n) is 7.85. The van der Waals surface area contributed by atoms with Gasteiger partial charge in [-0.25, -0.2) is 0 Å². The standard InChI is InChI=1S/C24H26N4O3/c1-31-20-5-3-2-4-18(20)24(30)26-14-16-8-11-17(12-9-16)22-21(23(25)29)19(27-28-22)13-10-15-6-7-15/h2-5,8-9,11-12,15H,6-7,10,13-14H2,1H3,(H2,25,29)(H,26,30)(H,27,28). The molecule has 1 fully saturated rings. The number of carbonyl (C=O) groups excluding carboxylic acids is 2. The molecule has 3 aromatic rings. The topological polar surface area (TPSA) is 110 Å². The lowest BCUT2D eigenvalue weighted by atomic mass is 10.0. The summed E-state index contributed by atoms with van der Waals surface area (Å²) in [4.78, 5) is 24.5. The van der Waals surface area contributed by atoms with Crippen molar-refractivity contribution in [2.24, 2.45) is 11.7 Å². The average molecular weight is 418 g/mol. The Labute approximate surface area is 181 Å². The number of primary amides is 1. The Bertz CT molecular complexity index is 1080. The number of nitrogens with one attached hydrogen (secondary N) is 2. The Balaban J connectivity index is 1.44. The van der Waals surface area contributed by atoms with E-state index in [1.807, 2.05) is 30.3 Å². The number of amides is 2. The van der Waals surface area contributed by atoms with Crippen LogP contribution < -0.4 is 15.8 Å². The van der Waals surface area contributed by atoms with Crippen LogP contribution in [-0.2, 0) is 13.0 Å². The minimum atomic E-state index is -0.470. The van der Waals surface area contributed by atoms with E-state index in [4.69, 9.17) is 10.5 Å². The molecule has 0 bridgehead atoms. The van der Waals surface area contributed by atoms with Gasteiger partial charge in [0.1, 0.15) is 11.4 Å². The highest BCUT2D eigenvalue weighted by atomic mass is 16.5. The third-order valence-corrected chi connectivity index (χ3v) is 5.62. The molecule has 0 unspecified atom stereocenters. The van der Waals surface area contributed by atoms with Gasteiger partial charge in [0.2, 0.25) is 0 Å². The van der Waals surface area contributed by atoms with Crippen molar-refractivity contribution in [3.05, 3.63) is 70.9 Å². The van der Waals surface area contributed by atoms with Gasteiger partial charge in [-0.15, -0.1) is 0 Å². The zero-order valence-electron chi connectivity index (χ0n) is 17.5. The number of hydrogen-bond donors (Lipinski definition) is 3. The molecule has 0 atom stereocenters. The largest absolute Gasteiger partial charge is 0.496 e. The number of para-hydroxylation sites is 1. The molecule has 0 aliphatic heterocycles. The number of methoxy groups -OCH3 is 1. The Morgan fingerprint density at radius 2 is 1.90 bits per heavy atom. The number of aryl methyl sites for hydroxylation is 1. The quantitative estimate of drug-likeness (QED) is 0.494. The van der Waals surface area contributed by atoms with Gasteiger partial charge in [0.25, 0.3) is 11.8 Å². The lowest BCUT2D eigenvalue weighted by Crippen LogP contribution is -2.23. The fourth-order valence-electron chi connectivity index (χ4n) is 3.68. The second-order valence-corrected chi connectivity index (χ2v) is 7.85. The first-order valence-corrected chi connectivity index (χ1v) is 10.4. The van der Waals surface area contributed by atoms with Crippen LogP contribution in [0.25, 0.3) is 11.3 Å². The minimum Gasteiger partial charge on any atom is -0.496 e. The maximum Gasteiger partial charge on any atom is 0.255 e. The van der Waals surface area contributed by atoms with Gasteiger partial charge in [-0.3, -0.25) is 14.7 Å². The Hall–Kier alpha value is -3.61. The Morgan fingerprint density at radius 3 is 2.58 bits per heavy atom. The predicted octanol–water partition coefficient (Wildman–Crippen LogP) is 3.46. The van der Waals surface area contributed by atoms with Gasteiger partial charge in [0.05, 0.1) is 18.2 Å². The molecule has 2 aromatic carbocycles. The van der Waals surface area contributed by atoms with E-state index in [0.717, 1.165) is 35.6 Å². The summed E-state index contributed by atoms with van der Waals surface area (Å²) in [7, 11) is 1.54. The lowest BCUT2D eigenvalue weighted by molar-refractivity contribution is 0.0946. The summed E-state index contributed by atoms with van der Waals surface area (Å²) >= 11 is 0. The highest BCUT2D eigenvalue weighted by Crippen LogP contribution is 2.34. The molecular weight excluding hydrogens is 392 g/mol. The molecule has 2 amide bonds. The molecule has 160 valence electrons. The Kier molecular flexibility index (Phi) is 6.02. The smallest absolute Gasteiger partial charge is 0.255 e. The van der Waals surface area contributed by atoms with E-state index >= 15 is 0 Å². The lowest BCUT2D eigenvalue weighted by Gasteiger charge is -2.09. The van der Waals surface area contributed by atoms with Gasteiger partial charge in [0.15, 0.2) is 0 Å². The fourth-order valence-corrected chi connectivity index (χ4v) is 3.68. The summed E-state index contributed by atoms with van der Waals surface area (Å²) in [6.45, 7) is 0.368. The first-order valence-electron chi connectivity index (χ1n) is 10.4. The number of nitrogens with zero attached hydrogens (tertiary/aromatic N) is 1. The van der Waals surface area contributed by atoms with Gasteiger partial charge in [-0.05, 0) is 36.5 Å². The summed E-state index contributed by atoms with van der Waals surface area (Å²) in [6.07, 6.45) is 4.36. The summed E-state index contributed by atoms with van der Waals surface area (Å²) in [6, 6.07) is 14.7. The van der Waals surface area contributed by atoms with Crippen LogP contribution in [0.4, 0.5) is 0 Å². The average Bonchev–Trinajstić information content (AvgIpc) is 3.53. The third-order valence-electron chi connectivity index (χ3n) is 5.62. The molecule has 7 heteroatoms. The maximum atomic E-state index is 12.5. The van der Waals surface area contributed by atoms with Crippen molar-refractivity contribution >= 4 is 11.8 Å². The van der Waals surface area contributed by atoms with E-state index in [9.17, 15) is 9.59 Å². The number of carbonyl (C=O) groups is 2. The molecule has 4 N–H and O–H groups in total. The van der Waals surface area contributed by atoms with Gasteiger partial charge in [0, 0.05) is 17.8 Å². The molecule has 1 aromatic heterocycles. The van der Waals surface area contributed by atoms with Crippen molar-refractivity contribution < 1.29 is 14.3 Å². The summed E-state index contributed by atoms with van der Waals surface area (Å²) in [5, 5.41) is 10.3. The molecule has 4 rings (SSSR count). The van der Waals surface area contributed by atoms with Crippen molar-refractivity contribution in [3.8, 4) is 17.0 Å². The van der Waals surface area contributed by atoms with Crippen molar-refractivity contribution in [3.63, 3.8) is 0 Å². The first-order chi connectivity index (χ1) is 15.1. The molecule has 31 heavy (non-hydrogen) atoms. The van der Waals surface area contributed by atoms with Crippen molar-refractivity contribution in [2.45, 2.75) is 32.2 Å². The van der Waals surface area contributed by atoms with Crippen LogP contribution in [0.15, 0.2) is 48.5 Å². The zero-order chi connectivity index (χ0) is 21.8.